The molecule has 0 spiro atoms. The quantitative estimate of drug-likeness (QED) is 0.784. The monoisotopic (exact) mass is 231 g/mol. The number of aryl methyl sites for hydroxylation is 1. The number of aromatic nitrogens is 1. The van der Waals surface area contributed by atoms with E-state index in [1.54, 1.807) is 19.1 Å². The molecule has 1 amide bonds. The Kier molecular flexibility index (Phi) is 3.09. The molecule has 5 nitrogen and oxygen atoms in total. The van der Waals surface area contributed by atoms with Crippen LogP contribution < -0.4 is 11.1 Å². The Morgan fingerprint density at radius 1 is 1.41 bits per heavy atom. The predicted octanol–water partition coefficient (Wildman–Crippen LogP) is 1.50. The van der Waals surface area contributed by atoms with Crippen LogP contribution >= 0.6 is 0 Å². The Labute approximate surface area is 98.6 Å². The number of carbonyl (C=O) groups excluding carboxylic acids is 1. The van der Waals surface area contributed by atoms with Crippen molar-refractivity contribution >= 4 is 11.6 Å². The summed E-state index contributed by atoms with van der Waals surface area (Å²) in [5.74, 6) is -0.0164. The summed E-state index contributed by atoms with van der Waals surface area (Å²) in [5.41, 5.74) is 7.97. The molecule has 0 fully saturated rings. The van der Waals surface area contributed by atoms with E-state index in [1.165, 1.54) is 6.20 Å². The van der Waals surface area contributed by atoms with Crippen molar-refractivity contribution in [3.05, 3.63) is 47.3 Å². The van der Waals surface area contributed by atoms with Crippen LogP contribution in [0.2, 0.25) is 0 Å². The molecule has 17 heavy (non-hydrogen) atoms. The third-order valence-corrected chi connectivity index (χ3v) is 2.39. The van der Waals surface area contributed by atoms with Crippen LogP contribution in [0.1, 0.15) is 21.7 Å². The van der Waals surface area contributed by atoms with Crippen molar-refractivity contribution in [2.45, 2.75) is 13.5 Å². The number of hydrogen-bond acceptors (Lipinski definition) is 4. The molecule has 0 saturated carbocycles. The van der Waals surface area contributed by atoms with Crippen molar-refractivity contribution in [3.8, 4) is 0 Å². The van der Waals surface area contributed by atoms with Gasteiger partial charge in [-0.3, -0.25) is 4.79 Å². The molecule has 0 bridgehead atoms. The number of benzene rings is 1. The van der Waals surface area contributed by atoms with Crippen LogP contribution in [0.5, 0.6) is 0 Å². The highest BCUT2D eigenvalue weighted by Crippen LogP contribution is 2.07. The number of amides is 1. The molecular weight excluding hydrogens is 218 g/mol. The fourth-order valence-corrected chi connectivity index (χ4v) is 1.41. The van der Waals surface area contributed by atoms with Gasteiger partial charge in [0, 0.05) is 17.8 Å². The molecule has 1 heterocycles. The minimum Gasteiger partial charge on any atom is -0.399 e. The Bertz CT molecular complexity index is 517. The molecule has 0 radical (unpaired) electrons. The highest BCUT2D eigenvalue weighted by atomic mass is 16.5. The van der Waals surface area contributed by atoms with Gasteiger partial charge in [0.15, 0.2) is 0 Å². The third-order valence-electron chi connectivity index (χ3n) is 2.39. The second kappa shape index (κ2) is 4.69. The fraction of sp³-hybridized carbons (Fsp3) is 0.167. The number of carbonyl (C=O) groups is 1. The SMILES string of the molecule is Cc1cnoc1C(=O)NCc1ccc(N)cc1. The minimum atomic E-state index is -0.267. The van der Waals surface area contributed by atoms with E-state index >= 15 is 0 Å². The first-order valence-electron chi connectivity index (χ1n) is 5.20. The summed E-state index contributed by atoms with van der Waals surface area (Å²) in [7, 11) is 0. The van der Waals surface area contributed by atoms with Crippen molar-refractivity contribution < 1.29 is 9.32 Å². The lowest BCUT2D eigenvalue weighted by atomic mass is 10.2. The molecular formula is C12H13N3O2. The van der Waals surface area contributed by atoms with Gasteiger partial charge in [-0.05, 0) is 24.6 Å². The lowest BCUT2D eigenvalue weighted by Crippen LogP contribution is -2.22. The van der Waals surface area contributed by atoms with Crippen molar-refractivity contribution in [1.82, 2.24) is 10.5 Å². The van der Waals surface area contributed by atoms with Crippen LogP contribution in [0.15, 0.2) is 35.0 Å². The summed E-state index contributed by atoms with van der Waals surface area (Å²) < 4.78 is 4.85. The lowest BCUT2D eigenvalue weighted by Gasteiger charge is -2.03. The number of rotatable bonds is 3. The normalized spacial score (nSPS) is 10.2. The van der Waals surface area contributed by atoms with E-state index in [0.29, 0.717) is 12.2 Å². The standard InChI is InChI=1S/C12H13N3O2/c1-8-6-15-17-11(8)12(16)14-7-9-2-4-10(13)5-3-9/h2-6H,7,13H2,1H3,(H,14,16). The summed E-state index contributed by atoms with van der Waals surface area (Å²) in [6.07, 6.45) is 1.51. The number of anilines is 1. The highest BCUT2D eigenvalue weighted by molar-refractivity contribution is 5.92. The zero-order valence-corrected chi connectivity index (χ0v) is 9.43. The van der Waals surface area contributed by atoms with Crippen molar-refractivity contribution in [2.24, 2.45) is 0 Å². The zero-order chi connectivity index (χ0) is 12.3. The van der Waals surface area contributed by atoms with E-state index in [4.69, 9.17) is 10.3 Å². The van der Waals surface area contributed by atoms with E-state index in [-0.39, 0.29) is 11.7 Å². The molecule has 88 valence electrons. The van der Waals surface area contributed by atoms with Crippen LogP contribution in [-0.4, -0.2) is 11.1 Å². The maximum Gasteiger partial charge on any atom is 0.290 e. The highest BCUT2D eigenvalue weighted by Gasteiger charge is 2.13. The van der Waals surface area contributed by atoms with Gasteiger partial charge in [-0.2, -0.15) is 0 Å². The molecule has 2 rings (SSSR count). The van der Waals surface area contributed by atoms with Gasteiger partial charge >= 0.3 is 0 Å². The number of nitrogens with zero attached hydrogens (tertiary/aromatic N) is 1. The van der Waals surface area contributed by atoms with Gasteiger partial charge in [-0.25, -0.2) is 0 Å². The molecule has 0 saturated heterocycles. The van der Waals surface area contributed by atoms with Crippen LogP contribution in [-0.2, 0) is 6.54 Å². The lowest BCUT2D eigenvalue weighted by molar-refractivity contribution is 0.0913. The van der Waals surface area contributed by atoms with Gasteiger partial charge in [0.25, 0.3) is 5.91 Å². The smallest absolute Gasteiger partial charge is 0.290 e. The molecule has 0 aliphatic carbocycles. The molecule has 0 atom stereocenters. The first-order chi connectivity index (χ1) is 8.16. The zero-order valence-electron chi connectivity index (χ0n) is 9.43. The first kappa shape index (κ1) is 11.2. The van der Waals surface area contributed by atoms with Crippen molar-refractivity contribution in [1.29, 1.82) is 0 Å². The molecule has 1 aromatic carbocycles. The van der Waals surface area contributed by atoms with Gasteiger partial charge in [-0.15, -0.1) is 0 Å². The van der Waals surface area contributed by atoms with Gasteiger partial charge in [-0.1, -0.05) is 17.3 Å². The van der Waals surface area contributed by atoms with Crippen LogP contribution in [0, 0.1) is 6.92 Å². The number of hydrogen-bond donors (Lipinski definition) is 2. The van der Waals surface area contributed by atoms with Crippen LogP contribution in [0.4, 0.5) is 5.69 Å². The van der Waals surface area contributed by atoms with Crippen LogP contribution in [0.3, 0.4) is 0 Å². The number of nitrogens with two attached hydrogens (primary N) is 1. The first-order valence-corrected chi connectivity index (χ1v) is 5.20. The molecule has 0 unspecified atom stereocenters. The van der Waals surface area contributed by atoms with Gasteiger partial charge < -0.3 is 15.6 Å². The molecule has 3 N–H and O–H groups in total. The van der Waals surface area contributed by atoms with E-state index < -0.39 is 0 Å². The van der Waals surface area contributed by atoms with Crippen molar-refractivity contribution in [3.63, 3.8) is 0 Å². The van der Waals surface area contributed by atoms with Gasteiger partial charge in [0.2, 0.25) is 5.76 Å². The Hall–Kier alpha value is -2.30. The largest absolute Gasteiger partial charge is 0.399 e. The van der Waals surface area contributed by atoms with Gasteiger partial charge in [0.1, 0.15) is 0 Å². The number of nitrogens with one attached hydrogen (secondary N) is 1. The van der Waals surface area contributed by atoms with E-state index in [9.17, 15) is 4.79 Å². The fourth-order valence-electron chi connectivity index (χ4n) is 1.41. The maximum atomic E-state index is 11.7. The summed E-state index contributed by atoms with van der Waals surface area (Å²) in [6, 6.07) is 7.31. The summed E-state index contributed by atoms with van der Waals surface area (Å²) >= 11 is 0. The Morgan fingerprint density at radius 3 is 2.71 bits per heavy atom. The second-order valence-electron chi connectivity index (χ2n) is 3.76. The average Bonchev–Trinajstić information content (AvgIpc) is 2.74. The Morgan fingerprint density at radius 2 is 2.12 bits per heavy atom. The summed E-state index contributed by atoms with van der Waals surface area (Å²) in [5, 5.41) is 6.31. The predicted molar refractivity (Wildman–Crippen MR) is 63.3 cm³/mol. The average molecular weight is 231 g/mol. The van der Waals surface area contributed by atoms with Crippen molar-refractivity contribution in [2.75, 3.05) is 5.73 Å². The number of nitrogen functional groups attached to an aromatic ring is 1. The summed E-state index contributed by atoms with van der Waals surface area (Å²) in [4.78, 5) is 11.7. The van der Waals surface area contributed by atoms with E-state index in [2.05, 4.69) is 10.5 Å². The maximum absolute atomic E-state index is 11.7. The third kappa shape index (κ3) is 2.63. The van der Waals surface area contributed by atoms with E-state index in [0.717, 1.165) is 11.1 Å². The molecule has 1 aromatic heterocycles. The molecule has 0 aliphatic rings. The Balaban J connectivity index is 1.97. The molecule has 5 heteroatoms. The molecule has 0 aliphatic heterocycles. The second-order valence-corrected chi connectivity index (χ2v) is 3.76. The van der Waals surface area contributed by atoms with Crippen LogP contribution in [0.25, 0.3) is 0 Å². The molecule has 2 aromatic rings. The van der Waals surface area contributed by atoms with Gasteiger partial charge in [0.05, 0.1) is 6.20 Å². The summed E-state index contributed by atoms with van der Waals surface area (Å²) in [6.45, 7) is 2.20. The minimum absolute atomic E-state index is 0.250. The van der Waals surface area contributed by atoms with E-state index in [1.807, 2.05) is 12.1 Å². The topological polar surface area (TPSA) is 81.2 Å².